The van der Waals surface area contributed by atoms with Gasteiger partial charge in [0.05, 0.1) is 17.9 Å². The molecule has 25 heavy (non-hydrogen) atoms. The van der Waals surface area contributed by atoms with Crippen LogP contribution in [0.15, 0.2) is 34.6 Å². The summed E-state index contributed by atoms with van der Waals surface area (Å²) in [6.45, 7) is 5.92. The van der Waals surface area contributed by atoms with Crippen LogP contribution in [0, 0.1) is 11.3 Å². The Hall–Kier alpha value is -2.08. The minimum absolute atomic E-state index is 0.0919. The number of carbonyl (C=O) groups is 2. The lowest BCUT2D eigenvalue weighted by atomic mass is 9.71. The zero-order chi connectivity index (χ0) is 17.9. The van der Waals surface area contributed by atoms with Crippen LogP contribution in [0.3, 0.4) is 0 Å². The first-order valence-corrected chi connectivity index (χ1v) is 8.65. The van der Waals surface area contributed by atoms with Crippen molar-refractivity contribution in [3.8, 4) is 0 Å². The van der Waals surface area contributed by atoms with E-state index in [1.54, 1.807) is 13.0 Å². The number of carbonyl (C=O) groups excluding carboxylic acids is 2. The number of fused-ring (bicyclic) bond motifs is 2. The molecule has 4 rings (SSSR count). The van der Waals surface area contributed by atoms with E-state index >= 15 is 0 Å². The van der Waals surface area contributed by atoms with Gasteiger partial charge in [0.2, 0.25) is 0 Å². The molecular formula is C19H22O6. The fourth-order valence-corrected chi connectivity index (χ4v) is 4.38. The van der Waals surface area contributed by atoms with Crippen LogP contribution < -0.4 is 0 Å². The Bertz CT molecular complexity index is 741. The van der Waals surface area contributed by atoms with Crippen LogP contribution in [-0.4, -0.2) is 35.5 Å². The molecule has 0 radical (unpaired) electrons. The summed E-state index contributed by atoms with van der Waals surface area (Å²) >= 11 is 0. The molecule has 6 nitrogen and oxygen atoms in total. The number of esters is 2. The van der Waals surface area contributed by atoms with Crippen molar-refractivity contribution in [1.82, 2.24) is 0 Å². The number of ether oxygens (including phenoxy) is 3. The summed E-state index contributed by atoms with van der Waals surface area (Å²) in [5, 5.41) is 10.4. The summed E-state index contributed by atoms with van der Waals surface area (Å²) in [4.78, 5) is 23.7. The maximum atomic E-state index is 12.3. The molecule has 1 fully saturated rings. The first-order valence-electron chi connectivity index (χ1n) is 8.65. The standard InChI is InChI=1S/C19H22O6/c1-9-6-14(24-17(9)21)23-8-12-10-7-11-13(20)4-5-19(2,3)15(11)16(10)25-18(12)22/h6,8,10,13-14,16,20H,4-5,7H2,1-3H3/b12-8+/t10?,13?,14-,16+/m1/s1. The van der Waals surface area contributed by atoms with Gasteiger partial charge < -0.3 is 19.3 Å². The molecule has 134 valence electrons. The van der Waals surface area contributed by atoms with Gasteiger partial charge in [-0.15, -0.1) is 0 Å². The van der Waals surface area contributed by atoms with Crippen LogP contribution in [0.4, 0.5) is 0 Å². The number of aliphatic hydroxyl groups is 1. The molecule has 1 saturated heterocycles. The third-order valence-corrected chi connectivity index (χ3v) is 5.74. The SMILES string of the molecule is CC1=C[C@H](O/C=C2/C(=O)O[C@@H]3C4=C(CC23)C(O)CCC4(C)C)OC1=O. The molecule has 1 N–H and O–H groups in total. The van der Waals surface area contributed by atoms with E-state index in [4.69, 9.17) is 14.2 Å². The lowest BCUT2D eigenvalue weighted by Crippen LogP contribution is -2.31. The van der Waals surface area contributed by atoms with Gasteiger partial charge in [0, 0.05) is 17.6 Å². The first kappa shape index (κ1) is 16.4. The Labute approximate surface area is 146 Å². The summed E-state index contributed by atoms with van der Waals surface area (Å²) in [5.74, 6) is -0.965. The second kappa shape index (κ2) is 5.46. The third-order valence-electron chi connectivity index (χ3n) is 5.74. The normalized spacial score (nSPS) is 37.6. The minimum Gasteiger partial charge on any atom is -0.458 e. The molecule has 0 aromatic rings. The van der Waals surface area contributed by atoms with E-state index in [1.807, 2.05) is 0 Å². The Morgan fingerprint density at radius 2 is 2.04 bits per heavy atom. The first-order chi connectivity index (χ1) is 11.8. The van der Waals surface area contributed by atoms with Gasteiger partial charge in [-0.3, -0.25) is 0 Å². The number of hydrogen-bond donors (Lipinski definition) is 1. The summed E-state index contributed by atoms with van der Waals surface area (Å²) in [6.07, 6.45) is 3.53. The van der Waals surface area contributed by atoms with E-state index < -0.39 is 24.3 Å². The van der Waals surface area contributed by atoms with Crippen LogP contribution >= 0.6 is 0 Å². The van der Waals surface area contributed by atoms with Crippen molar-refractivity contribution in [2.75, 3.05) is 0 Å². The van der Waals surface area contributed by atoms with E-state index in [0.29, 0.717) is 17.6 Å². The van der Waals surface area contributed by atoms with Crippen molar-refractivity contribution in [1.29, 1.82) is 0 Å². The summed E-state index contributed by atoms with van der Waals surface area (Å²) in [7, 11) is 0. The average Bonchev–Trinajstić information content (AvgIpc) is 3.15. The Balaban J connectivity index is 1.57. The zero-order valence-corrected chi connectivity index (χ0v) is 14.6. The van der Waals surface area contributed by atoms with Crippen LogP contribution in [-0.2, 0) is 23.8 Å². The molecule has 0 saturated carbocycles. The summed E-state index contributed by atoms with van der Waals surface area (Å²) < 4.78 is 16.1. The topological polar surface area (TPSA) is 82.1 Å². The van der Waals surface area contributed by atoms with Crippen LogP contribution in [0.5, 0.6) is 0 Å². The summed E-state index contributed by atoms with van der Waals surface area (Å²) in [5.41, 5.74) is 2.91. The molecule has 6 heteroatoms. The van der Waals surface area contributed by atoms with Gasteiger partial charge in [-0.2, -0.15) is 0 Å². The van der Waals surface area contributed by atoms with Crippen LogP contribution in [0.1, 0.15) is 40.0 Å². The van der Waals surface area contributed by atoms with Crippen molar-refractivity contribution in [2.24, 2.45) is 11.3 Å². The average molecular weight is 346 g/mol. The highest BCUT2D eigenvalue weighted by molar-refractivity contribution is 5.92. The predicted molar refractivity (Wildman–Crippen MR) is 86.8 cm³/mol. The van der Waals surface area contributed by atoms with Gasteiger partial charge in [-0.05, 0) is 42.7 Å². The van der Waals surface area contributed by atoms with Crippen molar-refractivity contribution >= 4 is 11.9 Å². The van der Waals surface area contributed by atoms with Crippen molar-refractivity contribution in [3.05, 3.63) is 34.6 Å². The molecule has 0 bridgehead atoms. The number of rotatable bonds is 2. The fourth-order valence-electron chi connectivity index (χ4n) is 4.38. The van der Waals surface area contributed by atoms with Crippen molar-refractivity contribution in [3.63, 3.8) is 0 Å². The minimum atomic E-state index is -0.808. The second-order valence-corrected chi connectivity index (χ2v) is 7.85. The molecule has 4 atom stereocenters. The number of cyclic esters (lactones) is 1. The predicted octanol–water partition coefficient (Wildman–Crippen LogP) is 2.14. The summed E-state index contributed by atoms with van der Waals surface area (Å²) in [6, 6.07) is 0. The Kier molecular flexibility index (Phi) is 3.58. The van der Waals surface area contributed by atoms with Gasteiger partial charge in [-0.1, -0.05) is 13.8 Å². The third kappa shape index (κ3) is 2.51. The van der Waals surface area contributed by atoms with E-state index in [1.165, 1.54) is 6.26 Å². The van der Waals surface area contributed by atoms with Gasteiger partial charge >= 0.3 is 11.9 Å². The highest BCUT2D eigenvalue weighted by Crippen LogP contribution is 2.54. The monoisotopic (exact) mass is 346 g/mol. The Morgan fingerprint density at radius 3 is 2.72 bits per heavy atom. The van der Waals surface area contributed by atoms with Crippen molar-refractivity contribution < 1.29 is 28.9 Å². The van der Waals surface area contributed by atoms with E-state index in [9.17, 15) is 14.7 Å². The van der Waals surface area contributed by atoms with Crippen LogP contribution in [0.25, 0.3) is 0 Å². The van der Waals surface area contributed by atoms with Gasteiger partial charge in [-0.25, -0.2) is 9.59 Å². The molecule has 2 heterocycles. The molecule has 2 aliphatic heterocycles. The second-order valence-electron chi connectivity index (χ2n) is 7.85. The number of hydrogen-bond acceptors (Lipinski definition) is 6. The number of aliphatic hydroxyl groups excluding tert-OH is 1. The highest BCUT2D eigenvalue weighted by atomic mass is 16.7. The quantitative estimate of drug-likeness (QED) is 0.357. The molecule has 2 aliphatic carbocycles. The smallest absolute Gasteiger partial charge is 0.338 e. The van der Waals surface area contributed by atoms with Gasteiger partial charge in [0.25, 0.3) is 6.29 Å². The van der Waals surface area contributed by atoms with E-state index in [0.717, 1.165) is 24.0 Å². The highest BCUT2D eigenvalue weighted by Gasteiger charge is 2.53. The van der Waals surface area contributed by atoms with Gasteiger partial charge in [0.15, 0.2) is 0 Å². The van der Waals surface area contributed by atoms with Crippen LogP contribution in [0.2, 0.25) is 0 Å². The lowest BCUT2D eigenvalue weighted by molar-refractivity contribution is -0.152. The molecular weight excluding hydrogens is 324 g/mol. The molecule has 2 unspecified atom stereocenters. The lowest BCUT2D eigenvalue weighted by Gasteiger charge is -2.36. The largest absolute Gasteiger partial charge is 0.458 e. The molecule has 0 amide bonds. The molecule has 0 spiro atoms. The van der Waals surface area contributed by atoms with E-state index in [2.05, 4.69) is 13.8 Å². The van der Waals surface area contributed by atoms with Crippen molar-refractivity contribution in [2.45, 2.75) is 58.5 Å². The van der Waals surface area contributed by atoms with E-state index in [-0.39, 0.29) is 17.4 Å². The maximum Gasteiger partial charge on any atom is 0.338 e. The molecule has 4 aliphatic rings. The fraction of sp³-hybridized carbons (Fsp3) is 0.579. The molecule has 0 aromatic carbocycles. The van der Waals surface area contributed by atoms with Gasteiger partial charge in [0.1, 0.15) is 6.10 Å². The molecule has 0 aromatic heterocycles. The Morgan fingerprint density at radius 1 is 1.28 bits per heavy atom. The zero-order valence-electron chi connectivity index (χ0n) is 14.6. The maximum absolute atomic E-state index is 12.3.